The highest BCUT2D eigenvalue weighted by Crippen LogP contribution is 2.27. The zero-order chi connectivity index (χ0) is 20.4. The van der Waals surface area contributed by atoms with E-state index in [1.165, 1.54) is 15.7 Å². The number of ether oxygens (including phenoxy) is 2. The van der Waals surface area contributed by atoms with Crippen molar-refractivity contribution in [3.63, 3.8) is 0 Å². The summed E-state index contributed by atoms with van der Waals surface area (Å²) in [5, 5.41) is 3.35. The van der Waals surface area contributed by atoms with Crippen molar-refractivity contribution in [1.82, 2.24) is 14.7 Å². The molecule has 4 rings (SSSR count). The standard InChI is InChI=1S/C21H19N3O4S/c1-27-15-7-6-13(11-16(15)28-2)8-9-22-19(25)17-12-14-20(29-17)23-18-5-3-4-10-24(18)21(14)26/h3-7,10-12H,8-9H2,1-2H3,(H,22,25). The van der Waals surface area contributed by atoms with Gasteiger partial charge in [0.1, 0.15) is 10.5 Å². The van der Waals surface area contributed by atoms with Gasteiger partial charge in [0.25, 0.3) is 11.5 Å². The molecule has 148 valence electrons. The van der Waals surface area contributed by atoms with Gasteiger partial charge >= 0.3 is 0 Å². The number of nitrogens with one attached hydrogen (secondary N) is 1. The smallest absolute Gasteiger partial charge is 0.266 e. The summed E-state index contributed by atoms with van der Waals surface area (Å²) in [4.78, 5) is 30.7. The number of hydrogen-bond donors (Lipinski definition) is 1. The number of rotatable bonds is 6. The first kappa shape index (κ1) is 18.9. The number of aromatic nitrogens is 2. The van der Waals surface area contributed by atoms with Gasteiger partial charge in [0.2, 0.25) is 0 Å². The minimum atomic E-state index is -0.220. The molecule has 0 aliphatic heterocycles. The Labute approximate surface area is 170 Å². The summed E-state index contributed by atoms with van der Waals surface area (Å²) in [6, 6.07) is 12.6. The van der Waals surface area contributed by atoms with Crippen molar-refractivity contribution in [1.29, 1.82) is 0 Å². The lowest BCUT2D eigenvalue weighted by Crippen LogP contribution is -2.24. The van der Waals surface area contributed by atoms with Gasteiger partial charge in [0, 0.05) is 12.7 Å². The first-order valence-electron chi connectivity index (χ1n) is 9.01. The van der Waals surface area contributed by atoms with Gasteiger partial charge < -0.3 is 14.8 Å². The van der Waals surface area contributed by atoms with E-state index in [0.29, 0.717) is 45.2 Å². The van der Waals surface area contributed by atoms with Crippen molar-refractivity contribution in [2.75, 3.05) is 20.8 Å². The molecule has 0 saturated carbocycles. The molecule has 0 unspecified atom stereocenters. The van der Waals surface area contributed by atoms with E-state index in [1.807, 2.05) is 24.3 Å². The van der Waals surface area contributed by atoms with Crippen molar-refractivity contribution in [2.24, 2.45) is 0 Å². The van der Waals surface area contributed by atoms with Crippen molar-refractivity contribution in [3.05, 3.63) is 69.5 Å². The van der Waals surface area contributed by atoms with Crippen LogP contribution >= 0.6 is 11.3 Å². The molecule has 0 fully saturated rings. The normalized spacial score (nSPS) is 11.0. The summed E-state index contributed by atoms with van der Waals surface area (Å²) < 4.78 is 12.0. The summed E-state index contributed by atoms with van der Waals surface area (Å²) in [6.07, 6.45) is 2.31. The van der Waals surface area contributed by atoms with Gasteiger partial charge in [-0.05, 0) is 42.3 Å². The van der Waals surface area contributed by atoms with Gasteiger partial charge in [-0.2, -0.15) is 0 Å². The van der Waals surface area contributed by atoms with Crippen molar-refractivity contribution in [3.8, 4) is 11.5 Å². The van der Waals surface area contributed by atoms with Gasteiger partial charge in [0.15, 0.2) is 11.5 Å². The van der Waals surface area contributed by atoms with E-state index < -0.39 is 0 Å². The number of amides is 1. The molecule has 0 bridgehead atoms. The molecule has 3 aromatic heterocycles. The number of methoxy groups -OCH3 is 2. The Morgan fingerprint density at radius 2 is 1.97 bits per heavy atom. The Morgan fingerprint density at radius 3 is 2.76 bits per heavy atom. The van der Waals surface area contributed by atoms with Gasteiger partial charge in [-0.3, -0.25) is 14.0 Å². The molecule has 0 spiro atoms. The molecule has 0 atom stereocenters. The lowest BCUT2D eigenvalue weighted by atomic mass is 10.1. The van der Waals surface area contributed by atoms with E-state index in [0.717, 1.165) is 5.56 Å². The summed E-state index contributed by atoms with van der Waals surface area (Å²) in [7, 11) is 3.18. The molecule has 1 amide bonds. The van der Waals surface area contributed by atoms with Gasteiger partial charge in [-0.15, -0.1) is 11.3 Å². The molecule has 1 N–H and O–H groups in total. The van der Waals surface area contributed by atoms with Crippen LogP contribution in [0.1, 0.15) is 15.2 Å². The topological polar surface area (TPSA) is 81.9 Å². The zero-order valence-electron chi connectivity index (χ0n) is 16.0. The largest absolute Gasteiger partial charge is 0.493 e. The highest BCUT2D eigenvalue weighted by molar-refractivity contribution is 7.20. The van der Waals surface area contributed by atoms with Crippen molar-refractivity contribution >= 4 is 33.1 Å². The number of thiophene rings is 1. The van der Waals surface area contributed by atoms with E-state index in [4.69, 9.17) is 9.47 Å². The number of benzene rings is 1. The van der Waals surface area contributed by atoms with Crippen molar-refractivity contribution < 1.29 is 14.3 Å². The molecule has 0 saturated heterocycles. The van der Waals surface area contributed by atoms with E-state index in [-0.39, 0.29) is 11.5 Å². The fourth-order valence-corrected chi connectivity index (χ4v) is 4.05. The highest BCUT2D eigenvalue weighted by atomic mass is 32.1. The van der Waals surface area contributed by atoms with Crippen LogP contribution in [0.2, 0.25) is 0 Å². The van der Waals surface area contributed by atoms with Gasteiger partial charge in [-0.1, -0.05) is 12.1 Å². The second-order valence-corrected chi connectivity index (χ2v) is 7.40. The summed E-state index contributed by atoms with van der Waals surface area (Å²) >= 11 is 1.22. The Bertz CT molecular complexity index is 1260. The summed E-state index contributed by atoms with van der Waals surface area (Å²) in [5.41, 5.74) is 1.41. The fraction of sp³-hybridized carbons (Fsp3) is 0.190. The maximum atomic E-state index is 12.6. The fourth-order valence-electron chi connectivity index (χ4n) is 3.10. The van der Waals surface area contributed by atoms with Crippen molar-refractivity contribution in [2.45, 2.75) is 6.42 Å². The maximum absolute atomic E-state index is 12.6. The van der Waals surface area contributed by atoms with Crippen LogP contribution in [0, 0.1) is 0 Å². The molecule has 7 nitrogen and oxygen atoms in total. The Morgan fingerprint density at radius 1 is 1.14 bits per heavy atom. The predicted octanol–water partition coefficient (Wildman–Crippen LogP) is 2.90. The number of carbonyl (C=O) groups excluding carboxylic acids is 1. The second kappa shape index (κ2) is 7.92. The number of pyridine rings is 1. The lowest BCUT2D eigenvalue weighted by molar-refractivity contribution is 0.0958. The average molecular weight is 409 g/mol. The zero-order valence-corrected chi connectivity index (χ0v) is 16.8. The Balaban J connectivity index is 1.49. The van der Waals surface area contributed by atoms with Crippen LogP contribution in [0.25, 0.3) is 15.9 Å². The minimum absolute atomic E-state index is 0.175. The van der Waals surface area contributed by atoms with Crippen LogP contribution in [0.3, 0.4) is 0 Å². The first-order valence-corrected chi connectivity index (χ1v) is 9.82. The maximum Gasteiger partial charge on any atom is 0.266 e. The first-order chi connectivity index (χ1) is 14.1. The van der Waals surface area contributed by atoms with E-state index in [9.17, 15) is 9.59 Å². The third-order valence-corrected chi connectivity index (χ3v) is 5.61. The molecule has 0 aliphatic rings. The van der Waals surface area contributed by atoms with Crippen LogP contribution in [-0.2, 0) is 6.42 Å². The summed E-state index contributed by atoms with van der Waals surface area (Å²) in [5.74, 6) is 1.10. The number of fused-ring (bicyclic) bond motifs is 2. The molecular weight excluding hydrogens is 390 g/mol. The van der Waals surface area contributed by atoms with Crippen LogP contribution in [-0.4, -0.2) is 36.1 Å². The molecule has 1 aromatic carbocycles. The molecule has 3 heterocycles. The van der Waals surface area contributed by atoms with E-state index in [1.54, 1.807) is 38.6 Å². The molecule has 0 aliphatic carbocycles. The molecular formula is C21H19N3O4S. The average Bonchev–Trinajstić information content (AvgIpc) is 3.18. The predicted molar refractivity (Wildman–Crippen MR) is 112 cm³/mol. The van der Waals surface area contributed by atoms with Crippen LogP contribution in [0.4, 0.5) is 0 Å². The molecule has 29 heavy (non-hydrogen) atoms. The quantitative estimate of drug-likeness (QED) is 0.530. The van der Waals surface area contributed by atoms with Crippen LogP contribution in [0.5, 0.6) is 11.5 Å². The molecule has 8 heteroatoms. The number of hydrogen-bond acceptors (Lipinski definition) is 6. The number of nitrogens with zero attached hydrogens (tertiary/aromatic N) is 2. The molecule has 0 radical (unpaired) electrons. The lowest BCUT2D eigenvalue weighted by Gasteiger charge is -2.09. The number of carbonyl (C=O) groups is 1. The third kappa shape index (κ3) is 3.66. The summed E-state index contributed by atoms with van der Waals surface area (Å²) in [6.45, 7) is 0.455. The highest BCUT2D eigenvalue weighted by Gasteiger charge is 2.14. The SMILES string of the molecule is COc1ccc(CCNC(=O)c2cc3c(=O)n4ccccc4nc3s2)cc1OC. The third-order valence-electron chi connectivity index (χ3n) is 4.59. The Hall–Kier alpha value is -3.39. The van der Waals surface area contributed by atoms with E-state index >= 15 is 0 Å². The molecule has 4 aromatic rings. The van der Waals surface area contributed by atoms with Gasteiger partial charge in [-0.25, -0.2) is 4.98 Å². The second-order valence-electron chi connectivity index (χ2n) is 6.37. The van der Waals surface area contributed by atoms with Crippen LogP contribution < -0.4 is 20.3 Å². The monoisotopic (exact) mass is 409 g/mol. The Kier molecular flexibility index (Phi) is 5.18. The van der Waals surface area contributed by atoms with E-state index in [2.05, 4.69) is 10.3 Å². The minimum Gasteiger partial charge on any atom is -0.493 e. The van der Waals surface area contributed by atoms with Crippen LogP contribution in [0.15, 0.2) is 53.5 Å². The van der Waals surface area contributed by atoms with Gasteiger partial charge in [0.05, 0.1) is 24.5 Å².